The van der Waals surface area contributed by atoms with Gasteiger partial charge in [0.25, 0.3) is 5.91 Å². The Morgan fingerprint density at radius 2 is 1.91 bits per heavy atom. The second-order valence-electron chi connectivity index (χ2n) is 7.69. The molecule has 6 N–H and O–H groups in total. The minimum absolute atomic E-state index is 0.194. The molecule has 176 valence electrons. The zero-order valence-electron chi connectivity index (χ0n) is 18.7. The molecule has 2 amide bonds. The van der Waals surface area contributed by atoms with Gasteiger partial charge in [-0.3, -0.25) is 9.59 Å². The molecule has 2 aromatic rings. The van der Waals surface area contributed by atoms with Gasteiger partial charge in [-0.05, 0) is 18.4 Å². The van der Waals surface area contributed by atoms with E-state index in [1.54, 1.807) is 16.7 Å². The number of hydrazone groups is 1. The van der Waals surface area contributed by atoms with E-state index in [9.17, 15) is 9.59 Å². The maximum atomic E-state index is 11.9. The number of amidine groups is 1. The van der Waals surface area contributed by atoms with Crippen LogP contribution in [0.1, 0.15) is 24.8 Å². The molecule has 0 aliphatic carbocycles. The highest BCUT2D eigenvalue weighted by Gasteiger charge is 2.22. The van der Waals surface area contributed by atoms with Crippen molar-refractivity contribution < 1.29 is 9.59 Å². The van der Waals surface area contributed by atoms with Gasteiger partial charge >= 0.3 is 0 Å². The first-order valence-electron chi connectivity index (χ1n) is 10.7. The Hall–Kier alpha value is -3.31. The largest absolute Gasteiger partial charge is 0.378 e. The number of hydrazine groups is 1. The highest BCUT2D eigenvalue weighted by atomic mass is 32.2. The van der Waals surface area contributed by atoms with E-state index in [0.29, 0.717) is 13.0 Å². The summed E-state index contributed by atoms with van der Waals surface area (Å²) in [4.78, 5) is 32.2. The number of nitrogens with zero attached hydrogens (tertiary/aromatic N) is 5. The fourth-order valence-electron chi connectivity index (χ4n) is 3.46. The van der Waals surface area contributed by atoms with Crippen molar-refractivity contribution >= 4 is 40.9 Å². The standard InChI is InChI=1S/C13H17N3OS.C9H13N5O/c1-15-10-8-12(16-5-2-3-6-16)14-9-11(10)18-7-4-13(15)17;10-8(9(11)15)13-14(12)6-7-4-2-1-3-5-7/h8-9H,2-7H2,1H3;1-5H,6,12H2,(H2,10,13)(H2,11,15). The molecule has 0 radical (unpaired) electrons. The zero-order chi connectivity index (χ0) is 23.8. The third-order valence-electron chi connectivity index (χ3n) is 5.25. The predicted octanol–water partition coefficient (Wildman–Crippen LogP) is 1.26. The molecule has 0 spiro atoms. The first-order valence-corrected chi connectivity index (χ1v) is 11.7. The monoisotopic (exact) mass is 470 g/mol. The summed E-state index contributed by atoms with van der Waals surface area (Å²) < 4.78 is 0. The molecule has 1 fully saturated rings. The van der Waals surface area contributed by atoms with Crippen molar-refractivity contribution in [3.05, 3.63) is 48.2 Å². The normalized spacial score (nSPS) is 15.9. The van der Waals surface area contributed by atoms with Gasteiger partial charge in [-0.25, -0.2) is 15.9 Å². The van der Waals surface area contributed by atoms with E-state index >= 15 is 0 Å². The van der Waals surface area contributed by atoms with Crippen LogP contribution in [-0.4, -0.2) is 53.6 Å². The molecule has 1 saturated heterocycles. The van der Waals surface area contributed by atoms with Crippen molar-refractivity contribution in [1.29, 1.82) is 0 Å². The molecule has 1 aromatic heterocycles. The van der Waals surface area contributed by atoms with Gasteiger partial charge in [-0.1, -0.05) is 30.3 Å². The number of amides is 2. The van der Waals surface area contributed by atoms with Crippen molar-refractivity contribution in [3.63, 3.8) is 0 Å². The van der Waals surface area contributed by atoms with Crippen LogP contribution in [0, 0.1) is 0 Å². The maximum absolute atomic E-state index is 11.9. The van der Waals surface area contributed by atoms with E-state index in [4.69, 9.17) is 17.3 Å². The van der Waals surface area contributed by atoms with E-state index < -0.39 is 5.91 Å². The zero-order valence-corrected chi connectivity index (χ0v) is 19.5. The van der Waals surface area contributed by atoms with Crippen molar-refractivity contribution in [2.24, 2.45) is 22.4 Å². The van der Waals surface area contributed by atoms with E-state index in [2.05, 4.69) is 21.1 Å². The Kier molecular flexibility index (Phi) is 8.50. The first kappa shape index (κ1) is 24.3. The van der Waals surface area contributed by atoms with Crippen LogP contribution in [-0.2, 0) is 16.1 Å². The average molecular weight is 471 g/mol. The van der Waals surface area contributed by atoms with Crippen molar-refractivity contribution in [1.82, 2.24) is 10.1 Å². The molecule has 0 unspecified atom stereocenters. The lowest BCUT2D eigenvalue weighted by Crippen LogP contribution is -2.36. The van der Waals surface area contributed by atoms with Crippen molar-refractivity contribution in [3.8, 4) is 0 Å². The topological polar surface area (TPSA) is 147 Å². The average Bonchev–Trinajstić information content (AvgIpc) is 3.30. The summed E-state index contributed by atoms with van der Waals surface area (Å²) in [6, 6.07) is 11.5. The van der Waals surface area contributed by atoms with E-state index in [1.807, 2.05) is 43.6 Å². The Balaban J connectivity index is 0.000000190. The summed E-state index contributed by atoms with van der Waals surface area (Å²) in [6.07, 6.45) is 5.00. The molecule has 33 heavy (non-hydrogen) atoms. The minimum Gasteiger partial charge on any atom is -0.378 e. The van der Waals surface area contributed by atoms with Crippen LogP contribution in [0.3, 0.4) is 0 Å². The van der Waals surface area contributed by atoms with Crippen LogP contribution in [0.5, 0.6) is 0 Å². The molecule has 11 heteroatoms. The number of primary amides is 1. The highest BCUT2D eigenvalue weighted by molar-refractivity contribution is 7.99. The molecular formula is C22H30N8O2S. The van der Waals surface area contributed by atoms with Crippen LogP contribution in [0.15, 0.2) is 52.6 Å². The molecule has 4 rings (SSSR count). The summed E-state index contributed by atoms with van der Waals surface area (Å²) in [5.41, 5.74) is 12.1. The van der Waals surface area contributed by atoms with Crippen LogP contribution < -0.4 is 27.1 Å². The lowest BCUT2D eigenvalue weighted by molar-refractivity contribution is -0.118. The Morgan fingerprint density at radius 1 is 1.21 bits per heavy atom. The number of hydrogen-bond donors (Lipinski definition) is 3. The van der Waals surface area contributed by atoms with Gasteiger partial charge in [0.2, 0.25) is 11.7 Å². The summed E-state index contributed by atoms with van der Waals surface area (Å²) in [6.45, 7) is 2.52. The minimum atomic E-state index is -0.793. The number of pyridine rings is 1. The Morgan fingerprint density at radius 3 is 2.58 bits per heavy atom. The summed E-state index contributed by atoms with van der Waals surface area (Å²) in [7, 11) is 1.86. The van der Waals surface area contributed by atoms with Crippen LogP contribution in [0.4, 0.5) is 11.5 Å². The first-order chi connectivity index (χ1) is 15.8. The number of anilines is 2. The number of fused-ring (bicyclic) bond motifs is 1. The number of aromatic nitrogens is 1. The van der Waals surface area contributed by atoms with Crippen molar-refractivity contribution in [2.75, 3.05) is 35.7 Å². The van der Waals surface area contributed by atoms with Crippen LogP contribution in [0.25, 0.3) is 0 Å². The summed E-state index contributed by atoms with van der Waals surface area (Å²) >= 11 is 1.72. The highest BCUT2D eigenvalue weighted by Crippen LogP contribution is 2.35. The Labute approximate surface area is 197 Å². The van der Waals surface area contributed by atoms with Crippen LogP contribution in [0.2, 0.25) is 0 Å². The quantitative estimate of drug-likeness (QED) is 0.262. The number of hydrogen-bond acceptors (Lipinski definition) is 8. The molecule has 10 nitrogen and oxygen atoms in total. The molecule has 0 saturated carbocycles. The molecule has 0 bridgehead atoms. The fourth-order valence-corrected chi connectivity index (χ4v) is 4.43. The van der Waals surface area contributed by atoms with Gasteiger partial charge in [-0.15, -0.1) is 16.9 Å². The number of thioether (sulfide) groups is 1. The van der Waals surface area contributed by atoms with Gasteiger partial charge in [0, 0.05) is 49.5 Å². The maximum Gasteiger partial charge on any atom is 0.285 e. The van der Waals surface area contributed by atoms with Gasteiger partial charge in [0.15, 0.2) is 0 Å². The van der Waals surface area contributed by atoms with Gasteiger partial charge in [0.05, 0.1) is 12.2 Å². The summed E-state index contributed by atoms with van der Waals surface area (Å²) in [5, 5.41) is 4.67. The van der Waals surface area contributed by atoms with E-state index in [-0.39, 0.29) is 11.7 Å². The lowest BCUT2D eigenvalue weighted by Gasteiger charge is -2.21. The third kappa shape index (κ3) is 6.83. The molecule has 2 aliphatic heterocycles. The van der Waals surface area contributed by atoms with Crippen LogP contribution >= 0.6 is 11.8 Å². The SMILES string of the molecule is CN1C(=O)CCSc2cnc(N3CCCC3)cc21.NC(=O)/C(N)=N/N(N)Cc1ccccc1. The number of nitrogens with two attached hydrogens (primary N) is 3. The number of benzene rings is 1. The Bertz CT molecular complexity index is 995. The predicted molar refractivity (Wildman–Crippen MR) is 131 cm³/mol. The fraction of sp³-hybridized carbons (Fsp3) is 0.364. The van der Waals surface area contributed by atoms with Gasteiger partial charge in [0.1, 0.15) is 5.82 Å². The third-order valence-corrected chi connectivity index (χ3v) is 6.28. The molecular weight excluding hydrogens is 440 g/mol. The second-order valence-corrected chi connectivity index (χ2v) is 8.83. The van der Waals surface area contributed by atoms with Crippen molar-refractivity contribution in [2.45, 2.75) is 30.7 Å². The number of rotatable bonds is 4. The van der Waals surface area contributed by atoms with Gasteiger partial charge in [-0.2, -0.15) is 0 Å². The number of carbonyl (C=O) groups is 2. The second kappa shape index (κ2) is 11.5. The molecule has 0 atom stereocenters. The molecule has 3 heterocycles. The van der Waals surface area contributed by atoms with E-state index in [0.717, 1.165) is 45.9 Å². The summed E-state index contributed by atoms with van der Waals surface area (Å²) in [5.74, 6) is 6.45. The van der Waals surface area contributed by atoms with Gasteiger partial charge < -0.3 is 21.3 Å². The van der Waals surface area contributed by atoms with E-state index in [1.165, 1.54) is 12.8 Å². The lowest BCUT2D eigenvalue weighted by atomic mass is 10.2. The molecule has 2 aliphatic rings. The molecule has 1 aromatic carbocycles. The number of carbonyl (C=O) groups excluding carboxylic acids is 2. The smallest absolute Gasteiger partial charge is 0.285 e.